The van der Waals surface area contributed by atoms with Crippen LogP contribution in [0.25, 0.3) is 0 Å². The van der Waals surface area contributed by atoms with Crippen LogP contribution in [0.2, 0.25) is 0 Å². The molecule has 0 aromatic heterocycles. The molecule has 0 aromatic carbocycles. The number of rotatable bonds is 5. The van der Waals surface area contributed by atoms with E-state index in [9.17, 15) is 4.79 Å². The Bertz CT molecular complexity index is 242. The van der Waals surface area contributed by atoms with Gasteiger partial charge in [-0.1, -0.05) is 46.5 Å². The molecule has 100 valence electrons. The maximum atomic E-state index is 12.0. The van der Waals surface area contributed by atoms with Crippen molar-refractivity contribution < 1.29 is 4.79 Å². The SMILES string of the molecule is CCC1CCCC(NC(=O)C(N)C(C)CC)C1. The van der Waals surface area contributed by atoms with E-state index in [0.717, 1.165) is 25.2 Å². The molecular weight excluding hydrogens is 212 g/mol. The third-order valence-corrected chi connectivity index (χ3v) is 4.27. The maximum Gasteiger partial charge on any atom is 0.237 e. The van der Waals surface area contributed by atoms with E-state index in [-0.39, 0.29) is 17.9 Å². The van der Waals surface area contributed by atoms with Crippen LogP contribution >= 0.6 is 0 Å². The number of nitrogens with two attached hydrogens (primary N) is 1. The van der Waals surface area contributed by atoms with Crippen molar-refractivity contribution in [1.29, 1.82) is 0 Å². The van der Waals surface area contributed by atoms with Gasteiger partial charge in [0, 0.05) is 6.04 Å². The van der Waals surface area contributed by atoms with E-state index in [4.69, 9.17) is 5.73 Å². The molecule has 0 heterocycles. The molecular formula is C14H28N2O. The van der Waals surface area contributed by atoms with Crippen LogP contribution in [0.3, 0.4) is 0 Å². The van der Waals surface area contributed by atoms with Gasteiger partial charge in [0.05, 0.1) is 6.04 Å². The number of hydrogen-bond donors (Lipinski definition) is 2. The summed E-state index contributed by atoms with van der Waals surface area (Å²) in [4.78, 5) is 12.0. The van der Waals surface area contributed by atoms with E-state index in [2.05, 4.69) is 19.2 Å². The molecule has 0 bridgehead atoms. The van der Waals surface area contributed by atoms with Crippen molar-refractivity contribution in [3.8, 4) is 0 Å². The van der Waals surface area contributed by atoms with Gasteiger partial charge in [-0.15, -0.1) is 0 Å². The van der Waals surface area contributed by atoms with E-state index in [1.165, 1.54) is 19.3 Å². The molecule has 1 rings (SSSR count). The summed E-state index contributed by atoms with van der Waals surface area (Å²) in [5, 5.41) is 3.13. The van der Waals surface area contributed by atoms with Gasteiger partial charge >= 0.3 is 0 Å². The van der Waals surface area contributed by atoms with Crippen molar-refractivity contribution >= 4 is 5.91 Å². The standard InChI is InChI=1S/C14H28N2O/c1-4-10(3)13(15)14(17)16-12-8-6-7-11(5-2)9-12/h10-13H,4-9,15H2,1-3H3,(H,16,17). The number of carbonyl (C=O) groups is 1. The third-order valence-electron chi connectivity index (χ3n) is 4.27. The van der Waals surface area contributed by atoms with Gasteiger partial charge in [-0.2, -0.15) is 0 Å². The molecule has 4 unspecified atom stereocenters. The predicted octanol–water partition coefficient (Wildman–Crippen LogP) is 2.44. The molecule has 1 amide bonds. The Morgan fingerprint density at radius 3 is 2.71 bits per heavy atom. The van der Waals surface area contributed by atoms with E-state index < -0.39 is 0 Å². The Morgan fingerprint density at radius 2 is 2.12 bits per heavy atom. The molecule has 4 atom stereocenters. The Labute approximate surface area is 106 Å². The minimum absolute atomic E-state index is 0.0427. The second-order valence-corrected chi connectivity index (χ2v) is 5.56. The summed E-state index contributed by atoms with van der Waals surface area (Å²) in [6.07, 6.45) is 6.99. The fourth-order valence-corrected chi connectivity index (χ4v) is 2.60. The van der Waals surface area contributed by atoms with Crippen LogP contribution in [0.4, 0.5) is 0 Å². The fourth-order valence-electron chi connectivity index (χ4n) is 2.60. The number of hydrogen-bond acceptors (Lipinski definition) is 2. The normalized spacial score (nSPS) is 28.5. The van der Waals surface area contributed by atoms with Crippen molar-refractivity contribution in [2.24, 2.45) is 17.6 Å². The van der Waals surface area contributed by atoms with E-state index in [0.29, 0.717) is 6.04 Å². The van der Waals surface area contributed by atoms with Crippen LogP contribution in [0, 0.1) is 11.8 Å². The smallest absolute Gasteiger partial charge is 0.237 e. The van der Waals surface area contributed by atoms with Crippen LogP contribution in [-0.4, -0.2) is 18.0 Å². The van der Waals surface area contributed by atoms with Gasteiger partial charge in [0.25, 0.3) is 0 Å². The van der Waals surface area contributed by atoms with Gasteiger partial charge in [-0.25, -0.2) is 0 Å². The largest absolute Gasteiger partial charge is 0.352 e. The summed E-state index contributed by atoms with van der Waals surface area (Å²) in [6, 6.07) is 0.0123. The number of carbonyl (C=O) groups excluding carboxylic acids is 1. The van der Waals surface area contributed by atoms with Gasteiger partial charge in [0.2, 0.25) is 5.91 Å². The second kappa shape index (κ2) is 7.00. The van der Waals surface area contributed by atoms with Gasteiger partial charge in [-0.3, -0.25) is 4.79 Å². The topological polar surface area (TPSA) is 55.1 Å². The predicted molar refractivity (Wildman–Crippen MR) is 71.6 cm³/mol. The van der Waals surface area contributed by atoms with Crippen LogP contribution < -0.4 is 11.1 Å². The van der Waals surface area contributed by atoms with Gasteiger partial charge in [-0.05, 0) is 24.7 Å². The summed E-state index contributed by atoms with van der Waals surface area (Å²) < 4.78 is 0. The fraction of sp³-hybridized carbons (Fsp3) is 0.929. The molecule has 0 saturated heterocycles. The monoisotopic (exact) mass is 240 g/mol. The van der Waals surface area contributed by atoms with Crippen molar-refractivity contribution in [2.45, 2.75) is 71.4 Å². The molecule has 1 aliphatic rings. The summed E-state index contributed by atoms with van der Waals surface area (Å²) in [5.74, 6) is 1.09. The lowest BCUT2D eigenvalue weighted by Crippen LogP contribution is -2.49. The Kier molecular flexibility index (Phi) is 5.96. The lowest BCUT2D eigenvalue weighted by atomic mass is 9.84. The van der Waals surface area contributed by atoms with Crippen molar-refractivity contribution in [1.82, 2.24) is 5.32 Å². The minimum atomic E-state index is -0.345. The molecule has 0 spiro atoms. The van der Waals surface area contributed by atoms with Crippen LogP contribution in [-0.2, 0) is 4.79 Å². The first-order chi connectivity index (χ1) is 8.08. The minimum Gasteiger partial charge on any atom is -0.352 e. The molecule has 0 radical (unpaired) electrons. The first-order valence-electron chi connectivity index (χ1n) is 7.14. The van der Waals surface area contributed by atoms with Crippen LogP contribution in [0.5, 0.6) is 0 Å². The Balaban J connectivity index is 2.40. The summed E-state index contributed by atoms with van der Waals surface area (Å²) in [7, 11) is 0. The van der Waals surface area contributed by atoms with Gasteiger partial charge in [0.15, 0.2) is 0 Å². The average molecular weight is 240 g/mol. The second-order valence-electron chi connectivity index (χ2n) is 5.56. The molecule has 0 aliphatic heterocycles. The van der Waals surface area contributed by atoms with Crippen molar-refractivity contribution in [2.75, 3.05) is 0 Å². The molecule has 1 aliphatic carbocycles. The lowest BCUT2D eigenvalue weighted by molar-refractivity contribution is -0.124. The van der Waals surface area contributed by atoms with Crippen molar-refractivity contribution in [3.05, 3.63) is 0 Å². The van der Waals surface area contributed by atoms with Crippen LogP contribution in [0.1, 0.15) is 59.3 Å². The Hall–Kier alpha value is -0.570. The zero-order valence-corrected chi connectivity index (χ0v) is 11.5. The molecule has 1 fully saturated rings. The first-order valence-corrected chi connectivity index (χ1v) is 7.14. The van der Waals surface area contributed by atoms with Gasteiger partial charge < -0.3 is 11.1 Å². The highest BCUT2D eigenvalue weighted by molar-refractivity contribution is 5.82. The van der Waals surface area contributed by atoms with Crippen molar-refractivity contribution in [3.63, 3.8) is 0 Å². The summed E-state index contributed by atoms with van der Waals surface area (Å²) in [6.45, 7) is 6.35. The third kappa shape index (κ3) is 4.30. The summed E-state index contributed by atoms with van der Waals surface area (Å²) >= 11 is 0. The number of nitrogens with one attached hydrogen (secondary N) is 1. The quantitative estimate of drug-likeness (QED) is 0.775. The first kappa shape index (κ1) is 14.5. The van der Waals surface area contributed by atoms with Gasteiger partial charge in [0.1, 0.15) is 0 Å². The molecule has 0 aromatic rings. The van der Waals surface area contributed by atoms with E-state index >= 15 is 0 Å². The molecule has 3 nitrogen and oxygen atoms in total. The molecule has 1 saturated carbocycles. The average Bonchev–Trinajstić information content (AvgIpc) is 2.37. The highest BCUT2D eigenvalue weighted by Gasteiger charge is 2.25. The highest BCUT2D eigenvalue weighted by Crippen LogP contribution is 2.26. The zero-order valence-electron chi connectivity index (χ0n) is 11.5. The Morgan fingerprint density at radius 1 is 1.41 bits per heavy atom. The summed E-state index contributed by atoms with van der Waals surface area (Å²) in [5.41, 5.74) is 5.94. The highest BCUT2D eigenvalue weighted by atomic mass is 16.2. The number of amides is 1. The van der Waals surface area contributed by atoms with E-state index in [1.807, 2.05) is 6.92 Å². The molecule has 3 heteroatoms. The van der Waals surface area contributed by atoms with Crippen LogP contribution in [0.15, 0.2) is 0 Å². The maximum absolute atomic E-state index is 12.0. The van der Waals surface area contributed by atoms with E-state index in [1.54, 1.807) is 0 Å². The molecule has 3 N–H and O–H groups in total. The zero-order chi connectivity index (χ0) is 12.8. The lowest BCUT2D eigenvalue weighted by Gasteiger charge is -2.30. The molecule has 17 heavy (non-hydrogen) atoms.